The van der Waals surface area contributed by atoms with Crippen molar-refractivity contribution in [3.05, 3.63) is 34.3 Å². The number of aliphatic carboxylic acids is 1. The van der Waals surface area contributed by atoms with Crippen molar-refractivity contribution in [2.75, 3.05) is 20.1 Å². The van der Waals surface area contributed by atoms with E-state index in [1.54, 1.807) is 16.8 Å². The maximum Gasteiger partial charge on any atom is 0.323 e. The van der Waals surface area contributed by atoms with Crippen LogP contribution < -0.4 is 5.32 Å². The largest absolute Gasteiger partial charge is 0.480 e. The summed E-state index contributed by atoms with van der Waals surface area (Å²) in [6.07, 6.45) is 3.88. The fourth-order valence-corrected chi connectivity index (χ4v) is 2.96. The Hall–Kier alpha value is -2.57. The Bertz CT molecular complexity index is 704. The SMILES string of the molecule is CC1=C(C)N(C)C(=O)CCN1CC(=O)O.CCC1=CCC(=O)NC(C)=C1C. The van der Waals surface area contributed by atoms with Crippen LogP contribution in [0.1, 0.15) is 53.9 Å². The first kappa shape index (κ1) is 22.5. The lowest BCUT2D eigenvalue weighted by Gasteiger charge is -2.23. The highest BCUT2D eigenvalue weighted by atomic mass is 16.4. The molecule has 2 amide bonds. The van der Waals surface area contributed by atoms with Gasteiger partial charge in [-0.2, -0.15) is 0 Å². The lowest BCUT2D eigenvalue weighted by Crippen LogP contribution is -2.29. The first-order chi connectivity index (χ1) is 12.6. The van der Waals surface area contributed by atoms with Crippen LogP contribution in [0.2, 0.25) is 0 Å². The maximum absolute atomic E-state index is 11.5. The van der Waals surface area contributed by atoms with Crippen molar-refractivity contribution in [2.45, 2.75) is 53.9 Å². The van der Waals surface area contributed by atoms with E-state index in [1.807, 2.05) is 26.8 Å². The van der Waals surface area contributed by atoms with Gasteiger partial charge in [0.05, 0.1) is 0 Å². The van der Waals surface area contributed by atoms with Gasteiger partial charge in [0, 0.05) is 43.5 Å². The van der Waals surface area contributed by atoms with Gasteiger partial charge in [-0.1, -0.05) is 13.0 Å². The second kappa shape index (κ2) is 9.94. The molecule has 0 saturated carbocycles. The van der Waals surface area contributed by atoms with Gasteiger partial charge >= 0.3 is 5.97 Å². The van der Waals surface area contributed by atoms with Crippen molar-refractivity contribution in [2.24, 2.45) is 0 Å². The van der Waals surface area contributed by atoms with Crippen LogP contribution in [0, 0.1) is 0 Å². The van der Waals surface area contributed by atoms with E-state index < -0.39 is 5.97 Å². The highest BCUT2D eigenvalue weighted by Crippen LogP contribution is 2.19. The van der Waals surface area contributed by atoms with E-state index in [9.17, 15) is 14.4 Å². The monoisotopic (exact) mass is 377 g/mol. The lowest BCUT2D eigenvalue weighted by molar-refractivity contribution is -0.138. The van der Waals surface area contributed by atoms with Crippen LogP contribution in [0.3, 0.4) is 0 Å². The standard InChI is InChI=1S/C10H16N2O3.C10H15NO/c1-7-8(2)12(6-10(14)15)5-4-9(13)11(7)3;1-4-9-5-6-10(12)11-8(3)7(9)2/h4-6H2,1-3H3,(H,14,15);5H,4,6H2,1-3H3,(H,11,12). The minimum Gasteiger partial charge on any atom is -0.480 e. The van der Waals surface area contributed by atoms with Crippen molar-refractivity contribution >= 4 is 17.8 Å². The van der Waals surface area contributed by atoms with Gasteiger partial charge in [0.15, 0.2) is 0 Å². The van der Waals surface area contributed by atoms with Crippen molar-refractivity contribution in [1.29, 1.82) is 0 Å². The average molecular weight is 377 g/mol. The number of hydrogen-bond donors (Lipinski definition) is 2. The van der Waals surface area contributed by atoms with Crippen molar-refractivity contribution in [3.63, 3.8) is 0 Å². The molecule has 0 radical (unpaired) electrons. The van der Waals surface area contributed by atoms with Crippen molar-refractivity contribution < 1.29 is 19.5 Å². The van der Waals surface area contributed by atoms with Crippen LogP contribution in [0.5, 0.6) is 0 Å². The highest BCUT2D eigenvalue weighted by Gasteiger charge is 2.22. The molecule has 0 aliphatic carbocycles. The predicted octanol–water partition coefficient (Wildman–Crippen LogP) is 2.62. The summed E-state index contributed by atoms with van der Waals surface area (Å²) < 4.78 is 0. The molecule has 0 aromatic rings. The summed E-state index contributed by atoms with van der Waals surface area (Å²) in [5.74, 6) is -0.755. The van der Waals surface area contributed by atoms with Gasteiger partial charge < -0.3 is 20.2 Å². The summed E-state index contributed by atoms with van der Waals surface area (Å²) >= 11 is 0. The lowest BCUT2D eigenvalue weighted by atomic mass is 10.0. The van der Waals surface area contributed by atoms with E-state index in [2.05, 4.69) is 19.2 Å². The van der Waals surface area contributed by atoms with E-state index in [-0.39, 0.29) is 18.4 Å². The smallest absolute Gasteiger partial charge is 0.323 e. The number of carboxylic acid groups (broad SMARTS) is 1. The van der Waals surface area contributed by atoms with E-state index >= 15 is 0 Å². The molecule has 27 heavy (non-hydrogen) atoms. The number of nitrogens with zero attached hydrogens (tertiary/aromatic N) is 2. The van der Waals surface area contributed by atoms with Crippen LogP contribution in [-0.4, -0.2) is 52.8 Å². The van der Waals surface area contributed by atoms with Gasteiger partial charge in [-0.25, -0.2) is 0 Å². The van der Waals surface area contributed by atoms with Crippen LogP contribution >= 0.6 is 0 Å². The Kier molecular flexibility index (Phi) is 8.28. The first-order valence-corrected chi connectivity index (χ1v) is 9.15. The number of carboxylic acids is 1. The zero-order chi connectivity index (χ0) is 20.7. The third-order valence-corrected chi connectivity index (χ3v) is 5.08. The number of carbonyl (C=O) groups is 3. The molecule has 0 saturated heterocycles. The van der Waals surface area contributed by atoms with E-state index in [0.29, 0.717) is 19.4 Å². The molecule has 0 aromatic carbocycles. The molecule has 2 aliphatic heterocycles. The molecule has 150 valence electrons. The summed E-state index contributed by atoms with van der Waals surface area (Å²) in [6, 6.07) is 0. The number of amides is 2. The fourth-order valence-electron chi connectivity index (χ4n) is 2.96. The number of carbonyl (C=O) groups excluding carboxylic acids is 2. The molecule has 0 aromatic heterocycles. The molecule has 2 rings (SSSR count). The Labute approximate surface area is 161 Å². The molecule has 7 nitrogen and oxygen atoms in total. The summed E-state index contributed by atoms with van der Waals surface area (Å²) in [6.45, 7) is 10.2. The van der Waals surface area contributed by atoms with Crippen LogP contribution in [0.15, 0.2) is 34.3 Å². The quantitative estimate of drug-likeness (QED) is 0.789. The van der Waals surface area contributed by atoms with E-state index in [1.165, 1.54) is 11.1 Å². The van der Waals surface area contributed by atoms with Crippen LogP contribution in [-0.2, 0) is 14.4 Å². The molecule has 0 atom stereocenters. The van der Waals surface area contributed by atoms with E-state index in [4.69, 9.17) is 5.11 Å². The third-order valence-electron chi connectivity index (χ3n) is 5.08. The summed E-state index contributed by atoms with van der Waals surface area (Å²) in [4.78, 5) is 36.6. The molecule has 2 N–H and O–H groups in total. The maximum atomic E-state index is 11.5. The number of nitrogens with one attached hydrogen (secondary N) is 1. The summed E-state index contributed by atoms with van der Waals surface area (Å²) in [7, 11) is 1.71. The normalized spacial score (nSPS) is 18.4. The van der Waals surface area contributed by atoms with Gasteiger partial charge in [-0.3, -0.25) is 14.4 Å². The van der Waals surface area contributed by atoms with Crippen molar-refractivity contribution in [1.82, 2.24) is 15.1 Å². The second-order valence-corrected chi connectivity index (χ2v) is 6.77. The predicted molar refractivity (Wildman–Crippen MR) is 104 cm³/mol. The Morgan fingerprint density at radius 1 is 1.19 bits per heavy atom. The van der Waals surface area contributed by atoms with Gasteiger partial charge in [0.2, 0.25) is 11.8 Å². The van der Waals surface area contributed by atoms with Crippen LogP contribution in [0.25, 0.3) is 0 Å². The average Bonchev–Trinajstić information content (AvgIpc) is 2.79. The van der Waals surface area contributed by atoms with Crippen molar-refractivity contribution in [3.8, 4) is 0 Å². The first-order valence-electron chi connectivity index (χ1n) is 9.15. The van der Waals surface area contributed by atoms with Gasteiger partial charge in [0.1, 0.15) is 6.54 Å². The summed E-state index contributed by atoms with van der Waals surface area (Å²) in [5.41, 5.74) is 5.16. The minimum absolute atomic E-state index is 0.0275. The van der Waals surface area contributed by atoms with Gasteiger partial charge in [-0.15, -0.1) is 0 Å². The molecule has 0 spiro atoms. The fraction of sp³-hybridized carbons (Fsp3) is 0.550. The van der Waals surface area contributed by atoms with Gasteiger partial charge in [0.25, 0.3) is 0 Å². The Balaban J connectivity index is 0.000000277. The van der Waals surface area contributed by atoms with Crippen LogP contribution in [0.4, 0.5) is 0 Å². The molecule has 2 heterocycles. The minimum atomic E-state index is -0.876. The molecule has 2 aliphatic rings. The molecular formula is C20H31N3O4. The highest BCUT2D eigenvalue weighted by molar-refractivity contribution is 5.80. The molecular weight excluding hydrogens is 346 g/mol. The zero-order valence-corrected chi connectivity index (χ0v) is 17.2. The molecule has 0 bridgehead atoms. The van der Waals surface area contributed by atoms with E-state index in [0.717, 1.165) is 23.5 Å². The Morgan fingerprint density at radius 2 is 1.81 bits per heavy atom. The molecule has 0 unspecified atom stereocenters. The number of hydrogen-bond acceptors (Lipinski definition) is 4. The van der Waals surface area contributed by atoms with Gasteiger partial charge in [-0.05, 0) is 45.3 Å². The molecule has 7 heteroatoms. The number of allylic oxidation sites excluding steroid dienone is 5. The number of rotatable bonds is 3. The third kappa shape index (κ3) is 6.27. The Morgan fingerprint density at radius 3 is 2.37 bits per heavy atom. The zero-order valence-electron chi connectivity index (χ0n) is 17.2. The summed E-state index contributed by atoms with van der Waals surface area (Å²) in [5, 5.41) is 11.6. The second-order valence-electron chi connectivity index (χ2n) is 6.77. The molecule has 0 fully saturated rings. The topological polar surface area (TPSA) is 90.0 Å².